The van der Waals surface area contributed by atoms with E-state index in [0.29, 0.717) is 13.0 Å². The first-order chi connectivity index (χ1) is 13.5. The van der Waals surface area contributed by atoms with Crippen LogP contribution in [0.1, 0.15) is 28.3 Å². The predicted molar refractivity (Wildman–Crippen MR) is 121 cm³/mol. The van der Waals surface area contributed by atoms with E-state index in [2.05, 4.69) is 0 Å². The van der Waals surface area contributed by atoms with E-state index < -0.39 is 6.04 Å². The molecule has 0 radical (unpaired) electrons. The van der Waals surface area contributed by atoms with Gasteiger partial charge in [0.05, 0.1) is 0 Å². The highest BCUT2D eigenvalue weighted by Gasteiger charge is 2.24. The van der Waals surface area contributed by atoms with Gasteiger partial charge in [-0.15, -0.1) is 12.4 Å². The minimum atomic E-state index is -0.730. The second-order valence-electron chi connectivity index (χ2n) is 7.07. The quantitative estimate of drug-likeness (QED) is 0.618. The highest BCUT2D eigenvalue weighted by atomic mass is 35.5. The van der Waals surface area contributed by atoms with Crippen molar-refractivity contribution in [1.82, 2.24) is 0 Å². The first kappa shape index (κ1) is 22.5. The van der Waals surface area contributed by atoms with Gasteiger partial charge in [0.1, 0.15) is 11.8 Å². The lowest BCUT2D eigenvalue weighted by atomic mass is 10.0. The smallest absolute Gasteiger partial charge is 0.248 e. The normalized spacial score (nSPS) is 11.4. The lowest BCUT2D eigenvalue weighted by Crippen LogP contribution is -2.40. The summed E-state index contributed by atoms with van der Waals surface area (Å²) in [6.45, 7) is 4.56. The summed E-state index contributed by atoms with van der Waals surface area (Å²) in [4.78, 5) is 15.0. The Morgan fingerprint density at radius 2 is 1.69 bits per heavy atom. The molecule has 0 aromatic heterocycles. The number of anilines is 1. The van der Waals surface area contributed by atoms with Crippen molar-refractivity contribution in [3.8, 4) is 5.75 Å². The van der Waals surface area contributed by atoms with Crippen molar-refractivity contribution >= 4 is 24.0 Å². The van der Waals surface area contributed by atoms with Crippen LogP contribution in [0.3, 0.4) is 0 Å². The van der Waals surface area contributed by atoms with Crippen LogP contribution in [-0.4, -0.2) is 17.6 Å². The number of phenolic OH excluding ortho intramolecular Hbond substituents is 1. The van der Waals surface area contributed by atoms with Crippen LogP contribution in [0.15, 0.2) is 72.8 Å². The molecule has 4 nitrogen and oxygen atoms in total. The fourth-order valence-corrected chi connectivity index (χ4v) is 3.18. The first-order valence-electron chi connectivity index (χ1n) is 9.43. The SMILES string of the molecule is Cc1ccc(N(CCc2cccc(O)c2)C(=O)[C@@H](N)c2ccccc2)cc1C.Cl. The molecule has 0 saturated heterocycles. The van der Waals surface area contributed by atoms with Crippen molar-refractivity contribution in [3.63, 3.8) is 0 Å². The predicted octanol–water partition coefficient (Wildman–Crippen LogP) is 4.71. The summed E-state index contributed by atoms with van der Waals surface area (Å²) in [6.07, 6.45) is 0.620. The summed E-state index contributed by atoms with van der Waals surface area (Å²) in [7, 11) is 0. The number of nitrogens with zero attached hydrogens (tertiary/aromatic N) is 1. The summed E-state index contributed by atoms with van der Waals surface area (Å²) >= 11 is 0. The molecule has 0 saturated carbocycles. The molecule has 3 rings (SSSR count). The zero-order chi connectivity index (χ0) is 20.1. The van der Waals surface area contributed by atoms with E-state index in [4.69, 9.17) is 5.73 Å². The molecule has 29 heavy (non-hydrogen) atoms. The van der Waals surface area contributed by atoms with Gasteiger partial charge in [0.15, 0.2) is 0 Å². The van der Waals surface area contributed by atoms with Crippen molar-refractivity contribution in [1.29, 1.82) is 0 Å². The number of hydrogen-bond acceptors (Lipinski definition) is 3. The Labute approximate surface area is 178 Å². The molecule has 0 aliphatic heterocycles. The molecule has 0 bridgehead atoms. The van der Waals surface area contributed by atoms with Crippen LogP contribution in [0, 0.1) is 13.8 Å². The van der Waals surface area contributed by atoms with Gasteiger partial charge in [0, 0.05) is 12.2 Å². The number of nitrogens with two attached hydrogens (primary N) is 1. The van der Waals surface area contributed by atoms with E-state index in [9.17, 15) is 9.90 Å². The highest BCUT2D eigenvalue weighted by molar-refractivity contribution is 5.97. The number of hydrogen-bond donors (Lipinski definition) is 2. The zero-order valence-electron chi connectivity index (χ0n) is 16.7. The van der Waals surface area contributed by atoms with Crippen LogP contribution < -0.4 is 10.6 Å². The van der Waals surface area contributed by atoms with E-state index >= 15 is 0 Å². The molecule has 0 spiro atoms. The van der Waals surface area contributed by atoms with Crippen LogP contribution in [-0.2, 0) is 11.2 Å². The van der Waals surface area contributed by atoms with Gasteiger partial charge in [-0.2, -0.15) is 0 Å². The lowest BCUT2D eigenvalue weighted by Gasteiger charge is -2.27. The maximum atomic E-state index is 13.3. The lowest BCUT2D eigenvalue weighted by molar-refractivity contribution is -0.120. The Balaban J connectivity index is 0.00000300. The van der Waals surface area contributed by atoms with Gasteiger partial charge in [-0.25, -0.2) is 0 Å². The standard InChI is InChI=1S/C24H26N2O2.ClH/c1-17-11-12-21(15-18(17)2)26(14-13-19-7-6-10-22(27)16-19)24(28)23(25)20-8-4-3-5-9-20;/h3-12,15-16,23,27H,13-14,25H2,1-2H3;1H/t23-;/m0./s1. The Kier molecular flexibility index (Phi) is 7.82. The fraction of sp³-hybridized carbons (Fsp3) is 0.208. The van der Waals surface area contributed by atoms with Crippen LogP contribution >= 0.6 is 12.4 Å². The van der Waals surface area contributed by atoms with Crippen molar-refractivity contribution in [3.05, 3.63) is 95.1 Å². The van der Waals surface area contributed by atoms with Crippen LogP contribution in [0.2, 0.25) is 0 Å². The van der Waals surface area contributed by atoms with Crippen molar-refractivity contribution < 1.29 is 9.90 Å². The zero-order valence-corrected chi connectivity index (χ0v) is 17.5. The maximum absolute atomic E-state index is 13.3. The molecular formula is C24H27ClN2O2. The summed E-state index contributed by atoms with van der Waals surface area (Å²) < 4.78 is 0. The monoisotopic (exact) mass is 410 g/mol. The van der Waals surface area contributed by atoms with E-state index in [1.807, 2.05) is 74.5 Å². The second-order valence-corrected chi connectivity index (χ2v) is 7.07. The first-order valence-corrected chi connectivity index (χ1v) is 9.43. The van der Waals surface area contributed by atoms with Gasteiger partial charge >= 0.3 is 0 Å². The Morgan fingerprint density at radius 1 is 0.966 bits per heavy atom. The molecule has 0 aliphatic carbocycles. The van der Waals surface area contributed by atoms with Crippen molar-refractivity contribution in [2.75, 3.05) is 11.4 Å². The Morgan fingerprint density at radius 3 is 2.34 bits per heavy atom. The average molecular weight is 411 g/mol. The molecule has 0 fully saturated rings. The van der Waals surface area contributed by atoms with E-state index in [1.54, 1.807) is 17.0 Å². The number of carbonyl (C=O) groups excluding carboxylic acids is 1. The van der Waals surface area contributed by atoms with Gasteiger partial charge in [-0.05, 0) is 66.8 Å². The van der Waals surface area contributed by atoms with Crippen LogP contribution in [0.4, 0.5) is 5.69 Å². The molecule has 3 aromatic carbocycles. The molecule has 152 valence electrons. The molecule has 5 heteroatoms. The minimum absolute atomic E-state index is 0. The van der Waals surface area contributed by atoms with Gasteiger partial charge in [0.25, 0.3) is 0 Å². The molecule has 0 aliphatic rings. The number of aromatic hydroxyl groups is 1. The van der Waals surface area contributed by atoms with Gasteiger partial charge in [-0.1, -0.05) is 48.5 Å². The largest absolute Gasteiger partial charge is 0.508 e. The Bertz CT molecular complexity index is 960. The van der Waals surface area contributed by atoms with E-state index in [0.717, 1.165) is 22.4 Å². The third-order valence-corrected chi connectivity index (χ3v) is 5.03. The third kappa shape index (κ3) is 5.59. The number of aryl methyl sites for hydroxylation is 2. The number of rotatable bonds is 6. The van der Waals surface area contributed by atoms with Crippen molar-refractivity contribution in [2.45, 2.75) is 26.3 Å². The number of phenols is 1. The fourth-order valence-electron chi connectivity index (χ4n) is 3.18. The van der Waals surface area contributed by atoms with Gasteiger partial charge in [-0.3, -0.25) is 4.79 Å². The topological polar surface area (TPSA) is 66.6 Å². The number of benzene rings is 3. The minimum Gasteiger partial charge on any atom is -0.508 e. The van der Waals surface area contributed by atoms with Crippen molar-refractivity contribution in [2.24, 2.45) is 5.73 Å². The molecular weight excluding hydrogens is 384 g/mol. The van der Waals surface area contributed by atoms with Crippen LogP contribution in [0.25, 0.3) is 0 Å². The number of halogens is 1. The van der Waals surface area contributed by atoms with Crippen LogP contribution in [0.5, 0.6) is 5.75 Å². The van der Waals surface area contributed by atoms with E-state index in [-0.39, 0.29) is 24.1 Å². The average Bonchev–Trinajstić information content (AvgIpc) is 2.70. The van der Waals surface area contributed by atoms with Gasteiger partial charge in [0.2, 0.25) is 5.91 Å². The molecule has 0 unspecified atom stereocenters. The summed E-state index contributed by atoms with van der Waals surface area (Å²) in [5.41, 5.74) is 11.2. The molecule has 0 heterocycles. The molecule has 3 N–H and O–H groups in total. The second kappa shape index (κ2) is 10.1. The molecule has 1 atom stereocenters. The van der Waals surface area contributed by atoms with Gasteiger partial charge < -0.3 is 15.7 Å². The summed E-state index contributed by atoms with van der Waals surface area (Å²) in [5.74, 6) is 0.0807. The third-order valence-electron chi connectivity index (χ3n) is 5.03. The van der Waals surface area contributed by atoms with E-state index in [1.165, 1.54) is 5.56 Å². The summed E-state index contributed by atoms with van der Waals surface area (Å²) in [5, 5.41) is 9.71. The Hall–Kier alpha value is -2.82. The molecule has 1 amide bonds. The molecule has 3 aromatic rings. The number of carbonyl (C=O) groups is 1. The highest BCUT2D eigenvalue weighted by Crippen LogP contribution is 2.23. The maximum Gasteiger partial charge on any atom is 0.248 e. The number of amides is 1. The summed E-state index contributed by atoms with van der Waals surface area (Å²) in [6, 6.07) is 21.8.